The summed E-state index contributed by atoms with van der Waals surface area (Å²) in [5, 5.41) is 5.86. The van der Waals surface area contributed by atoms with E-state index in [1.165, 1.54) is 29.3 Å². The van der Waals surface area contributed by atoms with Crippen LogP contribution in [0.15, 0.2) is 59.5 Å². The van der Waals surface area contributed by atoms with E-state index < -0.39 is 35.4 Å². The van der Waals surface area contributed by atoms with E-state index in [-0.39, 0.29) is 67.2 Å². The fraction of sp³-hybridized carbons (Fsp3) is 0.565. The van der Waals surface area contributed by atoms with Crippen LogP contribution >= 0.6 is 0 Å². The van der Waals surface area contributed by atoms with Crippen molar-refractivity contribution in [2.24, 2.45) is 0 Å². The third-order valence-electron chi connectivity index (χ3n) is 12.0. The predicted molar refractivity (Wildman–Crippen MR) is 224 cm³/mol. The van der Waals surface area contributed by atoms with Crippen LogP contribution in [0.1, 0.15) is 178 Å². The second-order valence-corrected chi connectivity index (χ2v) is 18.3. The maximum atomic E-state index is 13.8. The number of ether oxygens (including phenoxy) is 2. The monoisotopic (exact) mass is 798 g/mol. The van der Waals surface area contributed by atoms with Gasteiger partial charge >= 0.3 is 29.6 Å². The van der Waals surface area contributed by atoms with Gasteiger partial charge in [-0.05, 0) is 99.9 Å². The van der Waals surface area contributed by atoms with Crippen molar-refractivity contribution in [1.82, 2.24) is 10.6 Å². The van der Waals surface area contributed by atoms with Gasteiger partial charge < -0.3 is 24.7 Å². The molecule has 3 aromatic carbocycles. The SMILES string of the molecule is CCC(NC(=O)c1cc(C(=O)NC(CC)Oc2ccc(C(C)(C)CC)cc2C(C)(C)CC)cc(S(=O)[O-])c1)Oc1ccc(C(C)(C)CC)cc1C(C)(C)CC.[Na+]. The first kappa shape index (κ1) is 49.5. The molecule has 0 aliphatic rings. The van der Waals surface area contributed by atoms with E-state index in [9.17, 15) is 18.4 Å². The molecule has 0 spiro atoms. The normalized spacial score (nSPS) is 13.9. The van der Waals surface area contributed by atoms with Crippen LogP contribution < -0.4 is 49.7 Å². The first-order valence-corrected chi connectivity index (χ1v) is 21.2. The molecular formula is C46H67N2NaO6S. The van der Waals surface area contributed by atoms with E-state index in [1.54, 1.807) is 0 Å². The second-order valence-electron chi connectivity index (χ2n) is 17.3. The largest absolute Gasteiger partial charge is 1.00 e. The molecule has 0 aromatic heterocycles. The summed E-state index contributed by atoms with van der Waals surface area (Å²) in [5.74, 6) is 0.254. The smallest absolute Gasteiger partial charge is 0.768 e. The van der Waals surface area contributed by atoms with Gasteiger partial charge in [0, 0.05) is 40.0 Å². The van der Waals surface area contributed by atoms with Gasteiger partial charge in [0.2, 0.25) is 0 Å². The third kappa shape index (κ3) is 12.2. The fourth-order valence-corrected chi connectivity index (χ4v) is 6.55. The summed E-state index contributed by atoms with van der Waals surface area (Å²) in [6, 6.07) is 16.5. The van der Waals surface area contributed by atoms with Gasteiger partial charge in [0.25, 0.3) is 11.8 Å². The van der Waals surface area contributed by atoms with Crippen molar-refractivity contribution < 1.29 is 57.4 Å². The fourth-order valence-electron chi connectivity index (χ4n) is 6.11. The Labute approximate surface area is 362 Å². The molecular weight excluding hydrogens is 732 g/mol. The van der Waals surface area contributed by atoms with E-state index in [1.807, 2.05) is 26.0 Å². The number of amides is 2. The molecule has 3 unspecified atom stereocenters. The first-order chi connectivity index (χ1) is 25.6. The molecule has 8 nitrogen and oxygen atoms in total. The molecule has 3 rings (SSSR count). The predicted octanol–water partition coefficient (Wildman–Crippen LogP) is 7.77. The van der Waals surface area contributed by atoms with Crippen molar-refractivity contribution in [3.63, 3.8) is 0 Å². The van der Waals surface area contributed by atoms with Crippen LogP contribution in [0.25, 0.3) is 0 Å². The Kier molecular flexibility index (Phi) is 18.0. The van der Waals surface area contributed by atoms with Gasteiger partial charge in [0.05, 0.1) is 0 Å². The van der Waals surface area contributed by atoms with Crippen LogP contribution in [0.3, 0.4) is 0 Å². The van der Waals surface area contributed by atoms with Gasteiger partial charge in [-0.2, -0.15) is 0 Å². The molecule has 0 aliphatic carbocycles. The summed E-state index contributed by atoms with van der Waals surface area (Å²) in [5.41, 5.74) is 4.22. The summed E-state index contributed by atoms with van der Waals surface area (Å²) in [4.78, 5) is 27.4. The number of rotatable bonds is 19. The van der Waals surface area contributed by atoms with Crippen molar-refractivity contribution in [3.8, 4) is 11.5 Å². The van der Waals surface area contributed by atoms with Crippen LogP contribution in [0.5, 0.6) is 11.5 Å². The van der Waals surface area contributed by atoms with E-state index in [0.717, 1.165) is 36.8 Å². The second kappa shape index (κ2) is 20.3. The van der Waals surface area contributed by atoms with Crippen LogP contribution in [0.2, 0.25) is 0 Å². The molecule has 3 aromatic rings. The first-order valence-electron chi connectivity index (χ1n) is 20.1. The van der Waals surface area contributed by atoms with Crippen LogP contribution in [-0.2, 0) is 32.7 Å². The molecule has 0 fully saturated rings. The number of hydrogen-bond donors (Lipinski definition) is 2. The standard InChI is InChI=1S/C46H68N2O6S.Na/c1-15-39(53-37-23-21-32(43(7,8)17-3)28-35(37)45(11,12)19-5)47-41(49)30-25-31(27-34(26-30)55(51)52)42(50)48-40(16-2)54-38-24-22-33(44(9,10)18-4)29-36(38)46(13,14)20-6;/h21-29,39-40H,15-20H2,1-14H3,(H,47,49)(H,48,50)(H,51,52);/q;+1/p-1. The van der Waals surface area contributed by atoms with Crippen molar-refractivity contribution in [1.29, 1.82) is 0 Å². The van der Waals surface area contributed by atoms with Crippen molar-refractivity contribution >= 4 is 22.9 Å². The van der Waals surface area contributed by atoms with Gasteiger partial charge in [0.15, 0.2) is 12.5 Å². The minimum absolute atomic E-state index is 0. The maximum absolute atomic E-state index is 13.8. The van der Waals surface area contributed by atoms with E-state index >= 15 is 0 Å². The quantitative estimate of drug-likeness (QED) is 0.0728. The molecule has 0 aliphatic heterocycles. The zero-order valence-electron chi connectivity index (χ0n) is 37.0. The van der Waals surface area contributed by atoms with E-state index in [2.05, 4.69) is 118 Å². The summed E-state index contributed by atoms with van der Waals surface area (Å²) in [6.45, 7) is 30.1. The topological polar surface area (TPSA) is 117 Å². The number of carbonyl (C=O) groups is 2. The molecule has 3 atom stereocenters. The van der Waals surface area contributed by atoms with Crippen molar-refractivity contribution in [2.75, 3.05) is 0 Å². The Hall–Kier alpha value is -2.69. The number of nitrogens with one attached hydrogen (secondary N) is 2. The molecule has 0 heterocycles. The molecule has 304 valence electrons. The molecule has 0 saturated heterocycles. The van der Waals surface area contributed by atoms with Crippen molar-refractivity contribution in [3.05, 3.63) is 88.0 Å². The van der Waals surface area contributed by atoms with Gasteiger partial charge in [-0.15, -0.1) is 0 Å². The van der Waals surface area contributed by atoms with Crippen LogP contribution in [0.4, 0.5) is 0 Å². The summed E-state index contributed by atoms with van der Waals surface area (Å²) in [6.07, 6.45) is 3.21. The Balaban J connectivity index is 0.0000108. The summed E-state index contributed by atoms with van der Waals surface area (Å²) in [7, 11) is 0. The minimum atomic E-state index is -2.70. The average Bonchev–Trinajstić information content (AvgIpc) is 3.16. The van der Waals surface area contributed by atoms with Gasteiger partial charge in [0.1, 0.15) is 11.5 Å². The van der Waals surface area contributed by atoms with Gasteiger partial charge in [-0.1, -0.05) is 121 Å². The molecule has 0 bridgehead atoms. The van der Waals surface area contributed by atoms with Crippen LogP contribution in [0, 0.1) is 0 Å². The average molecular weight is 799 g/mol. The zero-order chi connectivity index (χ0) is 41.5. The Bertz CT molecular complexity index is 1710. The molecule has 2 N–H and O–H groups in total. The van der Waals surface area contributed by atoms with E-state index in [0.29, 0.717) is 24.3 Å². The zero-order valence-corrected chi connectivity index (χ0v) is 39.8. The third-order valence-corrected chi connectivity index (χ3v) is 12.6. The Morgan fingerprint density at radius 3 is 1.21 bits per heavy atom. The van der Waals surface area contributed by atoms with Crippen LogP contribution in [-0.4, -0.2) is 33.0 Å². The van der Waals surface area contributed by atoms with Crippen molar-refractivity contribution in [2.45, 2.75) is 174 Å². The Morgan fingerprint density at radius 1 is 0.589 bits per heavy atom. The molecule has 10 heteroatoms. The summed E-state index contributed by atoms with van der Waals surface area (Å²) >= 11 is -2.70. The van der Waals surface area contributed by atoms with Gasteiger partial charge in [-0.3, -0.25) is 13.8 Å². The Morgan fingerprint density at radius 2 is 0.929 bits per heavy atom. The number of hydrogen-bond acceptors (Lipinski definition) is 6. The van der Waals surface area contributed by atoms with Gasteiger partial charge in [-0.25, -0.2) is 0 Å². The minimum Gasteiger partial charge on any atom is -0.768 e. The number of benzene rings is 3. The number of carbonyl (C=O) groups excluding carboxylic acids is 2. The molecule has 2 amide bonds. The van der Waals surface area contributed by atoms with E-state index in [4.69, 9.17) is 9.47 Å². The molecule has 56 heavy (non-hydrogen) atoms. The maximum Gasteiger partial charge on any atom is 1.00 e. The summed E-state index contributed by atoms with van der Waals surface area (Å²) < 4.78 is 37.4. The molecule has 0 radical (unpaired) electrons. The molecule has 0 saturated carbocycles.